The molecule has 2 N–H and O–H groups in total. The monoisotopic (exact) mass is 259 g/mol. The Bertz CT molecular complexity index is 356. The highest BCUT2D eigenvalue weighted by atomic mass is 19.1. The second-order valence-electron chi connectivity index (χ2n) is 4.59. The number of hydrogen-bond acceptors (Lipinski definition) is 1. The molecule has 1 aromatic rings. The summed E-state index contributed by atoms with van der Waals surface area (Å²) in [5.41, 5.74) is 5.56. The van der Waals surface area contributed by atoms with Crippen molar-refractivity contribution >= 4 is 0 Å². The molecule has 0 aliphatic rings. The predicted molar refractivity (Wildman–Crippen MR) is 66.6 cm³/mol. The lowest BCUT2D eigenvalue weighted by Gasteiger charge is -2.14. The van der Waals surface area contributed by atoms with E-state index in [1.54, 1.807) is 0 Å². The average Bonchev–Trinajstić information content (AvgIpc) is 2.27. The predicted octanol–water partition coefficient (Wildman–Crippen LogP) is 4.46. The molecule has 0 amide bonds. The third kappa shape index (κ3) is 4.33. The van der Waals surface area contributed by atoms with Crippen LogP contribution >= 0.6 is 0 Å². The Morgan fingerprint density at radius 2 is 1.56 bits per heavy atom. The van der Waals surface area contributed by atoms with E-state index in [1.165, 1.54) is 0 Å². The van der Waals surface area contributed by atoms with Gasteiger partial charge in [-0.05, 0) is 6.42 Å². The summed E-state index contributed by atoms with van der Waals surface area (Å²) in [5, 5.41) is 0. The first-order valence-electron chi connectivity index (χ1n) is 6.46. The second-order valence-corrected chi connectivity index (χ2v) is 4.59. The number of rotatable bonds is 7. The highest BCUT2D eigenvalue weighted by molar-refractivity contribution is 5.23. The molecule has 0 saturated heterocycles. The van der Waals surface area contributed by atoms with Crippen molar-refractivity contribution in [2.75, 3.05) is 0 Å². The first-order chi connectivity index (χ1) is 8.56. The van der Waals surface area contributed by atoms with E-state index in [2.05, 4.69) is 6.92 Å². The molecule has 1 unspecified atom stereocenters. The van der Waals surface area contributed by atoms with Gasteiger partial charge in [0.2, 0.25) is 0 Å². The summed E-state index contributed by atoms with van der Waals surface area (Å²) in [4.78, 5) is 0. The van der Waals surface area contributed by atoms with Gasteiger partial charge in [0, 0.05) is 23.7 Å². The molecule has 0 radical (unpaired) electrons. The van der Waals surface area contributed by atoms with E-state index in [9.17, 15) is 13.2 Å². The van der Waals surface area contributed by atoms with Crippen molar-refractivity contribution in [3.8, 4) is 0 Å². The van der Waals surface area contributed by atoms with Crippen LogP contribution in [0.3, 0.4) is 0 Å². The summed E-state index contributed by atoms with van der Waals surface area (Å²) in [5.74, 6) is -2.70. The van der Waals surface area contributed by atoms with E-state index >= 15 is 0 Å². The van der Waals surface area contributed by atoms with Crippen molar-refractivity contribution in [1.29, 1.82) is 0 Å². The molecule has 0 aliphatic heterocycles. The molecule has 0 heterocycles. The lowest BCUT2D eigenvalue weighted by Crippen LogP contribution is -2.14. The van der Waals surface area contributed by atoms with Crippen molar-refractivity contribution in [1.82, 2.24) is 0 Å². The number of unbranched alkanes of at least 4 members (excludes halogenated alkanes) is 4. The SMILES string of the molecule is CCCCCCCC(N)c1c(F)cc(F)cc1F. The van der Waals surface area contributed by atoms with Gasteiger partial charge in [-0.1, -0.05) is 39.0 Å². The van der Waals surface area contributed by atoms with Crippen LogP contribution in [0.15, 0.2) is 12.1 Å². The quantitative estimate of drug-likeness (QED) is 0.718. The van der Waals surface area contributed by atoms with Crippen molar-refractivity contribution in [2.24, 2.45) is 5.73 Å². The molecular formula is C14H20F3N. The summed E-state index contributed by atoms with van der Waals surface area (Å²) >= 11 is 0. The van der Waals surface area contributed by atoms with Gasteiger partial charge in [-0.2, -0.15) is 0 Å². The molecule has 0 spiro atoms. The van der Waals surface area contributed by atoms with Gasteiger partial charge in [0.1, 0.15) is 17.5 Å². The van der Waals surface area contributed by atoms with Crippen LogP contribution in [0.4, 0.5) is 13.2 Å². The van der Waals surface area contributed by atoms with Gasteiger partial charge in [0.05, 0.1) is 0 Å². The van der Waals surface area contributed by atoms with Crippen LogP contribution in [0, 0.1) is 17.5 Å². The second kappa shape index (κ2) is 7.41. The third-order valence-corrected chi connectivity index (χ3v) is 3.03. The summed E-state index contributed by atoms with van der Waals surface area (Å²) < 4.78 is 39.6. The molecule has 0 aliphatic carbocycles. The Morgan fingerprint density at radius 3 is 2.11 bits per heavy atom. The molecule has 0 bridgehead atoms. The van der Waals surface area contributed by atoms with Gasteiger partial charge in [0.15, 0.2) is 0 Å². The normalized spacial score (nSPS) is 12.7. The lowest BCUT2D eigenvalue weighted by atomic mass is 9.99. The highest BCUT2D eigenvalue weighted by Crippen LogP contribution is 2.24. The maximum absolute atomic E-state index is 13.4. The van der Waals surface area contributed by atoms with Crippen molar-refractivity contribution in [3.05, 3.63) is 35.1 Å². The van der Waals surface area contributed by atoms with Crippen LogP contribution in [-0.2, 0) is 0 Å². The van der Waals surface area contributed by atoms with Crippen molar-refractivity contribution in [3.63, 3.8) is 0 Å². The van der Waals surface area contributed by atoms with Gasteiger partial charge in [0.25, 0.3) is 0 Å². The van der Waals surface area contributed by atoms with Crippen LogP contribution < -0.4 is 5.73 Å². The zero-order valence-electron chi connectivity index (χ0n) is 10.7. The minimum atomic E-state index is -0.913. The molecule has 1 nitrogen and oxygen atoms in total. The molecule has 0 fully saturated rings. The van der Waals surface area contributed by atoms with E-state index in [-0.39, 0.29) is 5.56 Å². The van der Waals surface area contributed by atoms with Crippen molar-refractivity contribution < 1.29 is 13.2 Å². The minimum Gasteiger partial charge on any atom is -0.324 e. The van der Waals surface area contributed by atoms with Gasteiger partial charge < -0.3 is 5.73 Å². The fourth-order valence-electron chi connectivity index (χ4n) is 2.02. The number of hydrogen-bond donors (Lipinski definition) is 1. The largest absolute Gasteiger partial charge is 0.324 e. The van der Waals surface area contributed by atoms with Crippen LogP contribution in [0.1, 0.15) is 57.1 Å². The van der Waals surface area contributed by atoms with E-state index in [4.69, 9.17) is 5.73 Å². The maximum Gasteiger partial charge on any atom is 0.133 e. The fraction of sp³-hybridized carbons (Fsp3) is 0.571. The lowest BCUT2D eigenvalue weighted by molar-refractivity contribution is 0.479. The highest BCUT2D eigenvalue weighted by Gasteiger charge is 2.17. The van der Waals surface area contributed by atoms with E-state index in [0.29, 0.717) is 18.6 Å². The first-order valence-corrected chi connectivity index (χ1v) is 6.46. The molecular weight excluding hydrogens is 239 g/mol. The van der Waals surface area contributed by atoms with Gasteiger partial charge in [-0.25, -0.2) is 13.2 Å². The van der Waals surface area contributed by atoms with Gasteiger partial charge in [-0.15, -0.1) is 0 Å². The number of benzene rings is 1. The fourth-order valence-corrected chi connectivity index (χ4v) is 2.02. The first kappa shape index (κ1) is 15.0. The Labute approximate surface area is 106 Å². The Hall–Kier alpha value is -1.03. The van der Waals surface area contributed by atoms with E-state index in [0.717, 1.165) is 32.1 Å². The van der Waals surface area contributed by atoms with Crippen LogP contribution in [-0.4, -0.2) is 0 Å². The number of nitrogens with two attached hydrogens (primary N) is 1. The molecule has 1 rings (SSSR count). The summed E-state index contributed by atoms with van der Waals surface area (Å²) in [7, 11) is 0. The molecule has 0 saturated carbocycles. The van der Waals surface area contributed by atoms with Crippen LogP contribution in [0.5, 0.6) is 0 Å². The smallest absolute Gasteiger partial charge is 0.133 e. The van der Waals surface area contributed by atoms with Gasteiger partial charge >= 0.3 is 0 Å². The third-order valence-electron chi connectivity index (χ3n) is 3.03. The topological polar surface area (TPSA) is 26.0 Å². The molecule has 102 valence electrons. The zero-order chi connectivity index (χ0) is 13.5. The summed E-state index contributed by atoms with van der Waals surface area (Å²) in [6.07, 6.45) is 5.77. The Morgan fingerprint density at radius 1 is 1.00 bits per heavy atom. The summed E-state index contributed by atoms with van der Waals surface area (Å²) in [6, 6.07) is 0.650. The summed E-state index contributed by atoms with van der Waals surface area (Å²) in [6.45, 7) is 2.12. The Balaban J connectivity index is 2.53. The number of halogens is 3. The molecule has 18 heavy (non-hydrogen) atoms. The van der Waals surface area contributed by atoms with Crippen LogP contribution in [0.2, 0.25) is 0 Å². The standard InChI is InChI=1S/C14H20F3N/c1-2-3-4-5-6-7-13(18)14-11(16)8-10(15)9-12(14)17/h8-9,13H,2-7,18H2,1H3. The Kier molecular flexibility index (Phi) is 6.19. The van der Waals surface area contributed by atoms with Crippen molar-refractivity contribution in [2.45, 2.75) is 51.5 Å². The maximum atomic E-state index is 13.4. The molecule has 0 aromatic heterocycles. The van der Waals surface area contributed by atoms with Crippen LogP contribution in [0.25, 0.3) is 0 Å². The molecule has 4 heteroatoms. The van der Waals surface area contributed by atoms with Gasteiger partial charge in [-0.3, -0.25) is 0 Å². The molecule has 1 atom stereocenters. The zero-order valence-corrected chi connectivity index (χ0v) is 10.7. The average molecular weight is 259 g/mol. The minimum absolute atomic E-state index is 0.202. The van der Waals surface area contributed by atoms with E-state index in [1.807, 2.05) is 0 Å². The van der Waals surface area contributed by atoms with E-state index < -0.39 is 23.5 Å². The molecule has 1 aromatic carbocycles.